The lowest BCUT2D eigenvalue weighted by atomic mass is 10.1. The smallest absolute Gasteiger partial charge is 0.306 e. The Bertz CT molecular complexity index is 770. The van der Waals surface area contributed by atoms with Crippen molar-refractivity contribution < 1.29 is 19.1 Å². The van der Waals surface area contributed by atoms with E-state index in [9.17, 15) is 14.0 Å². The van der Waals surface area contributed by atoms with Crippen molar-refractivity contribution in [3.63, 3.8) is 0 Å². The summed E-state index contributed by atoms with van der Waals surface area (Å²) >= 11 is 0. The second kappa shape index (κ2) is 6.43. The topological polar surface area (TPSA) is 84.2 Å². The van der Waals surface area contributed by atoms with E-state index in [1.54, 1.807) is 25.3 Å². The van der Waals surface area contributed by atoms with E-state index < -0.39 is 11.9 Å². The van der Waals surface area contributed by atoms with E-state index in [4.69, 9.17) is 5.11 Å². The highest BCUT2D eigenvalue weighted by atomic mass is 19.1. The van der Waals surface area contributed by atoms with Gasteiger partial charge in [0.15, 0.2) is 5.69 Å². The summed E-state index contributed by atoms with van der Waals surface area (Å²) in [5, 5.41) is 16.1. The fraction of sp³-hybridized carbons (Fsp3) is 0.353. The number of rotatable bonds is 4. The van der Waals surface area contributed by atoms with Crippen LogP contribution in [-0.2, 0) is 4.79 Å². The van der Waals surface area contributed by atoms with Crippen molar-refractivity contribution in [1.82, 2.24) is 15.1 Å². The van der Waals surface area contributed by atoms with Crippen molar-refractivity contribution in [2.75, 3.05) is 0 Å². The highest BCUT2D eigenvalue weighted by molar-refractivity contribution is 5.93. The van der Waals surface area contributed by atoms with E-state index in [2.05, 4.69) is 10.4 Å². The molecular weight excluding hydrogens is 313 g/mol. The lowest BCUT2D eigenvalue weighted by Crippen LogP contribution is -2.34. The molecule has 1 aromatic heterocycles. The molecule has 3 rings (SSSR count). The number of aromatic nitrogens is 2. The summed E-state index contributed by atoms with van der Waals surface area (Å²) in [5.41, 5.74) is 1.65. The fourth-order valence-electron chi connectivity index (χ4n) is 3.00. The molecule has 0 unspecified atom stereocenters. The molecule has 0 radical (unpaired) electrons. The normalized spacial score (nSPS) is 20.1. The summed E-state index contributed by atoms with van der Waals surface area (Å²) in [5.74, 6) is -1.86. The second-order valence-electron chi connectivity index (χ2n) is 6.10. The van der Waals surface area contributed by atoms with Gasteiger partial charge >= 0.3 is 5.97 Å². The third-order valence-corrected chi connectivity index (χ3v) is 4.32. The van der Waals surface area contributed by atoms with Crippen molar-refractivity contribution in [2.45, 2.75) is 32.2 Å². The maximum Gasteiger partial charge on any atom is 0.306 e. The minimum absolute atomic E-state index is 0.144. The van der Waals surface area contributed by atoms with E-state index in [1.807, 2.05) is 0 Å². The van der Waals surface area contributed by atoms with Crippen LogP contribution in [0.4, 0.5) is 4.39 Å². The molecule has 1 aliphatic carbocycles. The summed E-state index contributed by atoms with van der Waals surface area (Å²) in [6.07, 6.45) is 3.37. The SMILES string of the molecule is Cc1cn(-c2ccc(F)cc2)nc1C(=O)N[C@@H]1CC[C@H](C(=O)O)C1. The first kappa shape index (κ1) is 16.2. The molecule has 2 N–H and O–H groups in total. The third kappa shape index (κ3) is 3.29. The predicted octanol–water partition coefficient (Wildman–Crippen LogP) is 2.30. The maximum absolute atomic E-state index is 13.0. The summed E-state index contributed by atoms with van der Waals surface area (Å²) in [6, 6.07) is 5.68. The van der Waals surface area contributed by atoms with Crippen molar-refractivity contribution >= 4 is 11.9 Å². The Labute approximate surface area is 138 Å². The van der Waals surface area contributed by atoms with Crippen LogP contribution in [0.15, 0.2) is 30.5 Å². The van der Waals surface area contributed by atoms with Gasteiger partial charge in [0.2, 0.25) is 0 Å². The predicted molar refractivity (Wildman–Crippen MR) is 84.5 cm³/mol. The highest BCUT2D eigenvalue weighted by Gasteiger charge is 2.31. The quantitative estimate of drug-likeness (QED) is 0.900. The Balaban J connectivity index is 1.72. The fourth-order valence-corrected chi connectivity index (χ4v) is 3.00. The van der Waals surface area contributed by atoms with Gasteiger partial charge in [-0.15, -0.1) is 0 Å². The first-order chi connectivity index (χ1) is 11.4. The molecule has 7 heteroatoms. The largest absolute Gasteiger partial charge is 0.481 e. The van der Waals surface area contributed by atoms with Crippen LogP contribution in [0.3, 0.4) is 0 Å². The van der Waals surface area contributed by atoms with Crippen LogP contribution in [0.25, 0.3) is 5.69 Å². The first-order valence-electron chi connectivity index (χ1n) is 7.80. The van der Waals surface area contributed by atoms with Crippen LogP contribution >= 0.6 is 0 Å². The van der Waals surface area contributed by atoms with Crippen LogP contribution in [-0.4, -0.2) is 32.8 Å². The zero-order chi connectivity index (χ0) is 17.3. The number of aryl methyl sites for hydroxylation is 1. The molecule has 0 saturated heterocycles. The van der Waals surface area contributed by atoms with Crippen molar-refractivity contribution in [2.24, 2.45) is 5.92 Å². The molecule has 1 heterocycles. The van der Waals surface area contributed by atoms with E-state index in [0.29, 0.717) is 30.5 Å². The zero-order valence-electron chi connectivity index (χ0n) is 13.2. The van der Waals surface area contributed by atoms with Gasteiger partial charge in [-0.1, -0.05) is 0 Å². The molecule has 0 spiro atoms. The Kier molecular flexibility index (Phi) is 4.33. The van der Waals surface area contributed by atoms with E-state index in [1.165, 1.54) is 16.8 Å². The van der Waals surface area contributed by atoms with Gasteiger partial charge in [0.1, 0.15) is 5.82 Å². The summed E-state index contributed by atoms with van der Waals surface area (Å²) in [4.78, 5) is 23.4. The molecule has 1 amide bonds. The molecule has 0 bridgehead atoms. The van der Waals surface area contributed by atoms with Crippen molar-refractivity contribution in [3.8, 4) is 5.69 Å². The number of amides is 1. The maximum atomic E-state index is 13.0. The van der Waals surface area contributed by atoms with Crippen molar-refractivity contribution in [1.29, 1.82) is 0 Å². The Morgan fingerprint density at radius 3 is 2.62 bits per heavy atom. The van der Waals surface area contributed by atoms with Gasteiger partial charge in [-0.2, -0.15) is 5.10 Å². The number of hydrogen-bond acceptors (Lipinski definition) is 3. The van der Waals surface area contributed by atoms with Gasteiger partial charge in [-0.05, 0) is 50.5 Å². The molecule has 1 aromatic carbocycles. The third-order valence-electron chi connectivity index (χ3n) is 4.32. The average Bonchev–Trinajstić information content (AvgIpc) is 3.15. The molecule has 2 atom stereocenters. The minimum atomic E-state index is -0.816. The van der Waals surface area contributed by atoms with Crippen molar-refractivity contribution in [3.05, 3.63) is 47.5 Å². The average molecular weight is 331 g/mol. The Hall–Kier alpha value is -2.70. The molecule has 1 fully saturated rings. The van der Waals surface area contributed by atoms with Crippen LogP contribution in [0.1, 0.15) is 35.3 Å². The standard InChI is InChI=1S/C17H18FN3O3/c1-10-9-21(14-6-3-12(18)4-7-14)20-15(10)16(22)19-13-5-2-11(8-13)17(23)24/h3-4,6-7,9,11,13H,2,5,8H2,1H3,(H,19,22)(H,23,24)/t11-,13+/m0/s1. The molecule has 1 saturated carbocycles. The molecular formula is C17H18FN3O3. The van der Waals surface area contributed by atoms with Gasteiger partial charge in [-0.25, -0.2) is 9.07 Å². The van der Waals surface area contributed by atoms with Gasteiger partial charge in [0, 0.05) is 17.8 Å². The molecule has 24 heavy (non-hydrogen) atoms. The minimum Gasteiger partial charge on any atom is -0.481 e. The van der Waals surface area contributed by atoms with Crippen LogP contribution in [0.2, 0.25) is 0 Å². The number of benzene rings is 1. The van der Waals surface area contributed by atoms with Gasteiger partial charge in [-0.3, -0.25) is 9.59 Å². The number of carboxylic acid groups (broad SMARTS) is 1. The highest BCUT2D eigenvalue weighted by Crippen LogP contribution is 2.26. The Morgan fingerprint density at radius 1 is 1.29 bits per heavy atom. The number of carboxylic acids is 1. The molecule has 126 valence electrons. The van der Waals surface area contributed by atoms with Crippen LogP contribution < -0.4 is 5.32 Å². The van der Waals surface area contributed by atoms with Gasteiger partial charge < -0.3 is 10.4 Å². The second-order valence-corrected chi connectivity index (χ2v) is 6.10. The van der Waals surface area contributed by atoms with E-state index in [-0.39, 0.29) is 23.5 Å². The molecule has 1 aliphatic rings. The molecule has 0 aliphatic heterocycles. The number of aliphatic carboxylic acids is 1. The summed E-state index contributed by atoms with van der Waals surface area (Å²) in [6.45, 7) is 1.77. The number of nitrogens with one attached hydrogen (secondary N) is 1. The zero-order valence-corrected chi connectivity index (χ0v) is 13.2. The molecule has 2 aromatic rings. The number of halogens is 1. The number of carbonyl (C=O) groups is 2. The summed E-state index contributed by atoms with van der Waals surface area (Å²) < 4.78 is 14.5. The van der Waals surface area contributed by atoms with E-state index in [0.717, 1.165) is 0 Å². The first-order valence-corrected chi connectivity index (χ1v) is 7.80. The van der Waals surface area contributed by atoms with Crippen LogP contribution in [0, 0.1) is 18.7 Å². The number of carbonyl (C=O) groups excluding carboxylic acids is 1. The number of nitrogens with zero attached hydrogens (tertiary/aromatic N) is 2. The van der Waals surface area contributed by atoms with Gasteiger partial charge in [0.05, 0.1) is 11.6 Å². The molecule has 6 nitrogen and oxygen atoms in total. The Morgan fingerprint density at radius 2 is 2.00 bits per heavy atom. The monoisotopic (exact) mass is 331 g/mol. The van der Waals surface area contributed by atoms with E-state index >= 15 is 0 Å². The van der Waals surface area contributed by atoms with Gasteiger partial charge in [0.25, 0.3) is 5.91 Å². The lowest BCUT2D eigenvalue weighted by Gasteiger charge is -2.11. The number of hydrogen-bond donors (Lipinski definition) is 2. The lowest BCUT2D eigenvalue weighted by molar-refractivity contribution is -0.141. The summed E-state index contributed by atoms with van der Waals surface area (Å²) in [7, 11) is 0. The van der Waals surface area contributed by atoms with Crippen LogP contribution in [0.5, 0.6) is 0 Å².